The molecule has 1 amide bonds. The first-order valence-electron chi connectivity index (χ1n) is 10.6. The van der Waals surface area contributed by atoms with Crippen molar-refractivity contribution in [1.29, 1.82) is 0 Å². The highest BCUT2D eigenvalue weighted by Crippen LogP contribution is 2.31. The summed E-state index contributed by atoms with van der Waals surface area (Å²) < 4.78 is 47.0. The normalized spacial score (nSPS) is 11.5. The number of benzene rings is 2. The molecule has 2 aromatic carbocycles. The number of carbonyl (C=O) groups is 1. The zero-order valence-corrected chi connectivity index (χ0v) is 22.0. The van der Waals surface area contributed by atoms with Crippen LogP contribution in [0.25, 0.3) is 11.3 Å². The number of halogens is 4. The van der Waals surface area contributed by atoms with E-state index >= 15 is 0 Å². The van der Waals surface area contributed by atoms with Crippen LogP contribution in [0.3, 0.4) is 0 Å². The van der Waals surface area contributed by atoms with E-state index in [1.807, 2.05) is 36.6 Å². The summed E-state index contributed by atoms with van der Waals surface area (Å²) in [5.74, 6) is 0.357. The highest BCUT2D eigenvalue weighted by molar-refractivity contribution is 9.10. The maximum absolute atomic E-state index is 12.9. The molecule has 0 atom stereocenters. The zero-order chi connectivity index (χ0) is 25.7. The lowest BCUT2D eigenvalue weighted by Crippen LogP contribution is -2.14. The number of anilines is 1. The van der Waals surface area contributed by atoms with E-state index in [0.717, 1.165) is 27.9 Å². The summed E-state index contributed by atoms with van der Waals surface area (Å²) in [6.07, 6.45) is -4.45. The molecular formula is C23H19BrF3N5O2S2. The Hall–Kier alpha value is -2.90. The van der Waals surface area contributed by atoms with Gasteiger partial charge < -0.3 is 14.6 Å². The van der Waals surface area contributed by atoms with Gasteiger partial charge in [-0.1, -0.05) is 45.9 Å². The lowest BCUT2D eigenvalue weighted by atomic mass is 10.2. The van der Waals surface area contributed by atoms with Crippen molar-refractivity contribution in [3.63, 3.8) is 0 Å². The second-order valence-electron chi connectivity index (χ2n) is 7.34. The van der Waals surface area contributed by atoms with Crippen molar-refractivity contribution < 1.29 is 22.7 Å². The van der Waals surface area contributed by atoms with Crippen LogP contribution in [-0.4, -0.2) is 31.4 Å². The Bertz CT molecular complexity index is 1340. The van der Waals surface area contributed by atoms with Crippen molar-refractivity contribution in [2.24, 2.45) is 0 Å². The van der Waals surface area contributed by atoms with Gasteiger partial charge in [0.25, 0.3) is 0 Å². The second-order valence-corrected chi connectivity index (χ2v) is 10.1. The topological polar surface area (TPSA) is 81.9 Å². The number of rotatable bonds is 9. The Balaban J connectivity index is 1.33. The average molecular weight is 598 g/mol. The molecule has 2 heterocycles. The summed E-state index contributed by atoms with van der Waals surface area (Å²) in [6.45, 7) is 2.31. The van der Waals surface area contributed by atoms with E-state index in [9.17, 15) is 18.0 Å². The number of hydrogen-bond donors (Lipinski definition) is 1. The molecule has 0 aliphatic heterocycles. The van der Waals surface area contributed by atoms with E-state index in [2.05, 4.69) is 36.4 Å². The van der Waals surface area contributed by atoms with Gasteiger partial charge in [-0.2, -0.15) is 13.2 Å². The van der Waals surface area contributed by atoms with Gasteiger partial charge in [-0.05, 0) is 37.3 Å². The quantitative estimate of drug-likeness (QED) is 0.221. The van der Waals surface area contributed by atoms with Gasteiger partial charge in [0.15, 0.2) is 16.1 Å². The van der Waals surface area contributed by atoms with E-state index < -0.39 is 11.7 Å². The molecule has 0 spiro atoms. The minimum Gasteiger partial charge on any atom is -0.486 e. The molecular weight excluding hydrogens is 579 g/mol. The first-order chi connectivity index (χ1) is 17.2. The van der Waals surface area contributed by atoms with Crippen LogP contribution in [0.5, 0.6) is 5.75 Å². The van der Waals surface area contributed by atoms with E-state index in [1.165, 1.54) is 35.2 Å². The molecule has 188 valence electrons. The monoisotopic (exact) mass is 597 g/mol. The van der Waals surface area contributed by atoms with Crippen LogP contribution < -0.4 is 10.1 Å². The third kappa shape index (κ3) is 6.65. The highest BCUT2D eigenvalue weighted by atomic mass is 79.9. The van der Waals surface area contributed by atoms with E-state index in [-0.39, 0.29) is 24.0 Å². The average Bonchev–Trinajstić information content (AvgIpc) is 3.48. The van der Waals surface area contributed by atoms with Crippen molar-refractivity contribution in [3.8, 4) is 17.0 Å². The van der Waals surface area contributed by atoms with Crippen LogP contribution in [0.2, 0.25) is 0 Å². The largest absolute Gasteiger partial charge is 0.486 e. The molecule has 0 unspecified atom stereocenters. The minimum absolute atomic E-state index is 0.0626. The van der Waals surface area contributed by atoms with E-state index in [1.54, 1.807) is 4.57 Å². The standard InChI is InChI=1S/C23H19BrF3N5O2S2/c1-2-32-19(11-34-17-5-3-4-15(10-17)23(25,26)27)30-31-22(32)36-13-20(33)29-21-28-18(12-35-21)14-6-8-16(24)9-7-14/h3-10,12H,2,11,13H2,1H3,(H,28,29,33). The molecule has 36 heavy (non-hydrogen) atoms. The summed E-state index contributed by atoms with van der Waals surface area (Å²) >= 11 is 5.93. The molecule has 0 bridgehead atoms. The van der Waals surface area contributed by atoms with E-state index in [4.69, 9.17) is 4.74 Å². The van der Waals surface area contributed by atoms with Crippen molar-refractivity contribution in [2.75, 3.05) is 11.1 Å². The molecule has 1 N–H and O–H groups in total. The van der Waals surface area contributed by atoms with Crippen LogP contribution in [0, 0.1) is 0 Å². The van der Waals surface area contributed by atoms with Gasteiger partial charge in [0.05, 0.1) is 17.0 Å². The van der Waals surface area contributed by atoms with Gasteiger partial charge in [0.2, 0.25) is 5.91 Å². The molecule has 2 aromatic heterocycles. The number of thiazole rings is 1. The first-order valence-corrected chi connectivity index (χ1v) is 13.2. The summed E-state index contributed by atoms with van der Waals surface area (Å²) in [6, 6.07) is 12.4. The van der Waals surface area contributed by atoms with Crippen LogP contribution >= 0.6 is 39.0 Å². The predicted octanol–water partition coefficient (Wildman–Crippen LogP) is 6.51. The fourth-order valence-corrected chi connectivity index (χ4v) is 4.95. The van der Waals surface area contributed by atoms with Crippen molar-refractivity contribution in [2.45, 2.75) is 31.4 Å². The van der Waals surface area contributed by atoms with Crippen LogP contribution in [0.15, 0.2) is 63.5 Å². The van der Waals surface area contributed by atoms with Gasteiger partial charge in [0, 0.05) is 22.0 Å². The van der Waals surface area contributed by atoms with Crippen molar-refractivity contribution in [3.05, 3.63) is 69.8 Å². The van der Waals surface area contributed by atoms with E-state index in [0.29, 0.717) is 22.7 Å². The lowest BCUT2D eigenvalue weighted by Gasteiger charge is -2.11. The molecule has 0 saturated heterocycles. The summed E-state index contributed by atoms with van der Waals surface area (Å²) in [4.78, 5) is 16.9. The molecule has 0 aliphatic rings. The number of nitrogens with zero attached hydrogens (tertiary/aromatic N) is 4. The Morgan fingerprint density at radius 1 is 1.19 bits per heavy atom. The molecule has 4 rings (SSSR count). The SMILES string of the molecule is CCn1c(COc2cccc(C(F)(F)F)c2)nnc1SCC(=O)Nc1nc(-c2ccc(Br)cc2)cs1. The predicted molar refractivity (Wildman–Crippen MR) is 136 cm³/mol. The second kappa shape index (κ2) is 11.4. The molecule has 0 aliphatic carbocycles. The molecule has 7 nitrogen and oxygen atoms in total. The van der Waals surface area contributed by atoms with Crippen molar-refractivity contribution >= 4 is 50.1 Å². The lowest BCUT2D eigenvalue weighted by molar-refractivity contribution is -0.137. The number of aromatic nitrogens is 4. The molecule has 4 aromatic rings. The number of nitrogens with one attached hydrogen (secondary N) is 1. The Kier molecular flexibility index (Phi) is 8.32. The fraction of sp³-hybridized carbons (Fsp3) is 0.217. The van der Waals surface area contributed by atoms with Gasteiger partial charge in [-0.15, -0.1) is 21.5 Å². The number of carbonyl (C=O) groups excluding carboxylic acids is 1. The molecule has 13 heteroatoms. The number of ether oxygens (including phenoxy) is 1. The highest BCUT2D eigenvalue weighted by Gasteiger charge is 2.30. The maximum atomic E-state index is 12.9. The molecule has 0 saturated carbocycles. The Morgan fingerprint density at radius 2 is 1.97 bits per heavy atom. The third-order valence-electron chi connectivity index (χ3n) is 4.86. The Labute approximate surface area is 221 Å². The van der Waals surface area contributed by atoms with Crippen LogP contribution in [0.1, 0.15) is 18.3 Å². The maximum Gasteiger partial charge on any atom is 0.416 e. The van der Waals surface area contributed by atoms with Gasteiger partial charge >= 0.3 is 6.18 Å². The number of amides is 1. The van der Waals surface area contributed by atoms with Crippen LogP contribution in [-0.2, 0) is 24.1 Å². The molecule has 0 radical (unpaired) electrons. The number of thioether (sulfide) groups is 1. The van der Waals surface area contributed by atoms with Crippen LogP contribution in [0.4, 0.5) is 18.3 Å². The summed E-state index contributed by atoms with van der Waals surface area (Å²) in [7, 11) is 0. The number of alkyl halides is 3. The van der Waals surface area contributed by atoms with Gasteiger partial charge in [0.1, 0.15) is 12.4 Å². The molecule has 0 fully saturated rings. The fourth-order valence-electron chi connectivity index (χ4n) is 3.13. The minimum atomic E-state index is -4.45. The summed E-state index contributed by atoms with van der Waals surface area (Å²) in [5.41, 5.74) is 0.926. The van der Waals surface area contributed by atoms with Gasteiger partial charge in [-0.3, -0.25) is 4.79 Å². The summed E-state index contributed by atoms with van der Waals surface area (Å²) in [5, 5.41) is 13.8. The Morgan fingerprint density at radius 3 is 2.69 bits per heavy atom. The van der Waals surface area contributed by atoms with Gasteiger partial charge in [-0.25, -0.2) is 4.98 Å². The third-order valence-corrected chi connectivity index (χ3v) is 7.12. The zero-order valence-electron chi connectivity index (χ0n) is 18.8. The smallest absolute Gasteiger partial charge is 0.416 e. The number of hydrogen-bond acceptors (Lipinski definition) is 7. The first kappa shape index (κ1) is 26.2. The van der Waals surface area contributed by atoms with Crippen molar-refractivity contribution in [1.82, 2.24) is 19.7 Å².